The minimum atomic E-state index is 0.254. The Kier molecular flexibility index (Phi) is 2.92. The number of nitriles is 1. The molecule has 5 nitrogen and oxygen atoms in total. The molecular formula is C14H15N5. The highest BCUT2D eigenvalue weighted by Crippen LogP contribution is 2.30. The Bertz CT molecular complexity index is 598. The van der Waals surface area contributed by atoms with Crippen LogP contribution in [-0.2, 0) is 0 Å². The fraction of sp³-hybridized carbons (Fsp3) is 0.357. The van der Waals surface area contributed by atoms with E-state index in [1.807, 2.05) is 30.3 Å². The fourth-order valence-corrected chi connectivity index (χ4v) is 2.56. The van der Waals surface area contributed by atoms with Crippen molar-refractivity contribution >= 4 is 0 Å². The standard InChI is InChI=1S/C14H15N5/c1-10-7-19(9-15)8-12(10)14-16-13(17-18-14)11-5-3-2-4-6-11/h2-6,10,12H,7-8H2,1H3,(H,16,17,18). The van der Waals surface area contributed by atoms with Crippen LogP contribution in [0.2, 0.25) is 0 Å². The van der Waals surface area contributed by atoms with Crippen molar-refractivity contribution in [2.45, 2.75) is 12.8 Å². The minimum Gasteiger partial charge on any atom is -0.310 e. The molecule has 2 atom stereocenters. The predicted molar refractivity (Wildman–Crippen MR) is 70.9 cm³/mol. The number of H-pyrrole nitrogens is 1. The number of hydrogen-bond acceptors (Lipinski definition) is 4. The molecule has 0 bridgehead atoms. The van der Waals surface area contributed by atoms with Crippen LogP contribution < -0.4 is 0 Å². The van der Waals surface area contributed by atoms with E-state index in [0.29, 0.717) is 5.92 Å². The zero-order chi connectivity index (χ0) is 13.2. The third kappa shape index (κ3) is 2.17. The molecule has 1 fully saturated rings. The lowest BCUT2D eigenvalue weighted by atomic mass is 9.98. The van der Waals surface area contributed by atoms with E-state index in [1.165, 1.54) is 0 Å². The van der Waals surface area contributed by atoms with Crippen LogP contribution in [0.15, 0.2) is 30.3 Å². The molecule has 2 aromatic rings. The summed E-state index contributed by atoms with van der Waals surface area (Å²) < 4.78 is 0. The molecule has 19 heavy (non-hydrogen) atoms. The third-order valence-corrected chi connectivity index (χ3v) is 3.64. The first-order chi connectivity index (χ1) is 9.28. The van der Waals surface area contributed by atoms with Gasteiger partial charge in [-0.05, 0) is 5.92 Å². The van der Waals surface area contributed by atoms with Gasteiger partial charge in [0.25, 0.3) is 0 Å². The zero-order valence-corrected chi connectivity index (χ0v) is 10.7. The number of nitrogens with one attached hydrogen (secondary N) is 1. The van der Waals surface area contributed by atoms with E-state index in [1.54, 1.807) is 4.90 Å². The quantitative estimate of drug-likeness (QED) is 0.831. The van der Waals surface area contributed by atoms with Crippen molar-refractivity contribution in [2.75, 3.05) is 13.1 Å². The molecule has 5 heteroatoms. The second kappa shape index (κ2) is 4.73. The highest BCUT2D eigenvalue weighted by Gasteiger charge is 2.32. The lowest BCUT2D eigenvalue weighted by molar-refractivity contribution is 0.465. The van der Waals surface area contributed by atoms with Gasteiger partial charge in [-0.25, -0.2) is 4.98 Å². The Labute approximate surface area is 111 Å². The summed E-state index contributed by atoms with van der Waals surface area (Å²) in [5, 5.41) is 16.3. The summed E-state index contributed by atoms with van der Waals surface area (Å²) in [6, 6.07) is 9.90. The highest BCUT2D eigenvalue weighted by molar-refractivity contribution is 5.53. The Hall–Kier alpha value is -2.35. The van der Waals surface area contributed by atoms with Crippen molar-refractivity contribution in [3.8, 4) is 17.6 Å². The van der Waals surface area contributed by atoms with Crippen molar-refractivity contribution < 1.29 is 0 Å². The molecule has 0 radical (unpaired) electrons. The summed E-state index contributed by atoms with van der Waals surface area (Å²) in [6.07, 6.45) is 2.20. The van der Waals surface area contributed by atoms with E-state index in [0.717, 1.165) is 30.3 Å². The van der Waals surface area contributed by atoms with Crippen LogP contribution in [0.3, 0.4) is 0 Å². The fourth-order valence-electron chi connectivity index (χ4n) is 2.56. The number of nitrogens with zero attached hydrogens (tertiary/aromatic N) is 4. The summed E-state index contributed by atoms with van der Waals surface area (Å²) in [5.74, 6) is 2.27. The second-order valence-electron chi connectivity index (χ2n) is 5.00. The molecule has 3 rings (SSSR count). The van der Waals surface area contributed by atoms with Crippen LogP contribution >= 0.6 is 0 Å². The molecule has 0 saturated carbocycles. The number of aromatic nitrogens is 3. The first-order valence-electron chi connectivity index (χ1n) is 6.40. The average Bonchev–Trinajstić information content (AvgIpc) is 3.06. The molecule has 2 heterocycles. The predicted octanol–water partition coefficient (Wildman–Crippen LogP) is 1.99. The van der Waals surface area contributed by atoms with Gasteiger partial charge in [-0.2, -0.15) is 10.4 Å². The topological polar surface area (TPSA) is 68.6 Å². The van der Waals surface area contributed by atoms with Gasteiger partial charge in [0.15, 0.2) is 12.0 Å². The number of hydrogen-bond donors (Lipinski definition) is 1. The highest BCUT2D eigenvalue weighted by atomic mass is 15.2. The first kappa shape index (κ1) is 11.7. The van der Waals surface area contributed by atoms with Crippen LogP contribution in [-0.4, -0.2) is 33.2 Å². The number of aromatic amines is 1. The molecule has 1 saturated heterocycles. The molecule has 1 aromatic heterocycles. The van der Waals surface area contributed by atoms with Gasteiger partial charge in [0, 0.05) is 24.6 Å². The number of benzene rings is 1. The average molecular weight is 253 g/mol. The summed E-state index contributed by atoms with van der Waals surface area (Å²) in [4.78, 5) is 6.36. The van der Waals surface area contributed by atoms with Gasteiger partial charge >= 0.3 is 0 Å². The molecule has 1 aliphatic heterocycles. The van der Waals surface area contributed by atoms with Gasteiger partial charge in [-0.15, -0.1) is 0 Å². The maximum absolute atomic E-state index is 8.96. The molecule has 1 N–H and O–H groups in total. The molecule has 2 unspecified atom stereocenters. The lowest BCUT2D eigenvalue weighted by Crippen LogP contribution is -2.13. The molecule has 1 aromatic carbocycles. The van der Waals surface area contributed by atoms with E-state index in [-0.39, 0.29) is 5.92 Å². The Morgan fingerprint density at radius 2 is 2.11 bits per heavy atom. The lowest BCUT2D eigenvalue weighted by Gasteiger charge is -2.08. The van der Waals surface area contributed by atoms with E-state index in [9.17, 15) is 0 Å². The molecule has 1 aliphatic rings. The summed E-state index contributed by atoms with van der Waals surface area (Å²) in [7, 11) is 0. The monoisotopic (exact) mass is 253 g/mol. The zero-order valence-electron chi connectivity index (χ0n) is 10.7. The number of rotatable bonds is 2. The van der Waals surface area contributed by atoms with Crippen LogP contribution in [0.1, 0.15) is 18.7 Å². The summed E-state index contributed by atoms with van der Waals surface area (Å²) in [6.45, 7) is 3.66. The van der Waals surface area contributed by atoms with Crippen LogP contribution in [0.5, 0.6) is 0 Å². The van der Waals surface area contributed by atoms with Gasteiger partial charge in [0.05, 0.1) is 0 Å². The van der Waals surface area contributed by atoms with E-state index in [2.05, 4.69) is 28.3 Å². The van der Waals surface area contributed by atoms with Crippen LogP contribution in [0, 0.1) is 17.4 Å². The van der Waals surface area contributed by atoms with E-state index >= 15 is 0 Å². The molecular weight excluding hydrogens is 238 g/mol. The van der Waals surface area contributed by atoms with Gasteiger partial charge < -0.3 is 4.90 Å². The maximum atomic E-state index is 8.96. The Balaban J connectivity index is 1.85. The SMILES string of the molecule is CC1CN(C#N)CC1c1nc(-c2ccccc2)n[nH]1. The summed E-state index contributed by atoms with van der Waals surface area (Å²) >= 11 is 0. The maximum Gasteiger partial charge on any atom is 0.181 e. The van der Waals surface area contributed by atoms with Gasteiger partial charge in [0.2, 0.25) is 0 Å². The summed E-state index contributed by atoms with van der Waals surface area (Å²) in [5.41, 5.74) is 1.01. The van der Waals surface area contributed by atoms with Crippen molar-refractivity contribution in [1.29, 1.82) is 5.26 Å². The Morgan fingerprint density at radius 1 is 1.32 bits per heavy atom. The third-order valence-electron chi connectivity index (χ3n) is 3.64. The largest absolute Gasteiger partial charge is 0.310 e. The van der Waals surface area contributed by atoms with Crippen LogP contribution in [0.25, 0.3) is 11.4 Å². The molecule has 0 spiro atoms. The van der Waals surface area contributed by atoms with Crippen molar-refractivity contribution in [1.82, 2.24) is 20.1 Å². The Morgan fingerprint density at radius 3 is 2.79 bits per heavy atom. The van der Waals surface area contributed by atoms with Gasteiger partial charge in [0.1, 0.15) is 5.82 Å². The molecule has 96 valence electrons. The number of likely N-dealkylation sites (tertiary alicyclic amines) is 1. The second-order valence-corrected chi connectivity index (χ2v) is 5.00. The van der Waals surface area contributed by atoms with Crippen molar-refractivity contribution in [3.63, 3.8) is 0 Å². The first-order valence-corrected chi connectivity index (χ1v) is 6.40. The van der Waals surface area contributed by atoms with E-state index < -0.39 is 0 Å². The van der Waals surface area contributed by atoms with Gasteiger partial charge in [-0.1, -0.05) is 37.3 Å². The smallest absolute Gasteiger partial charge is 0.181 e. The van der Waals surface area contributed by atoms with Crippen molar-refractivity contribution in [3.05, 3.63) is 36.2 Å². The van der Waals surface area contributed by atoms with Gasteiger partial charge in [-0.3, -0.25) is 5.10 Å². The van der Waals surface area contributed by atoms with Crippen molar-refractivity contribution in [2.24, 2.45) is 5.92 Å². The minimum absolute atomic E-state index is 0.254. The molecule has 0 amide bonds. The van der Waals surface area contributed by atoms with E-state index in [4.69, 9.17) is 5.26 Å². The van der Waals surface area contributed by atoms with Crippen LogP contribution in [0.4, 0.5) is 0 Å². The molecule has 0 aliphatic carbocycles. The normalized spacial score (nSPS) is 22.4.